The van der Waals surface area contributed by atoms with Crippen LogP contribution in [0.15, 0.2) is 55.1 Å². The first-order valence-corrected chi connectivity index (χ1v) is 6.99. The van der Waals surface area contributed by atoms with Crippen LogP contribution < -0.4 is 4.90 Å². The Kier molecular flexibility index (Phi) is 3.73. The van der Waals surface area contributed by atoms with Gasteiger partial charge in [0.05, 0.1) is 0 Å². The summed E-state index contributed by atoms with van der Waals surface area (Å²) in [6, 6.07) is 10.4. The highest BCUT2D eigenvalue weighted by Crippen LogP contribution is 2.20. The predicted octanol–water partition coefficient (Wildman–Crippen LogP) is 2.82. The van der Waals surface area contributed by atoms with E-state index in [2.05, 4.69) is 47.1 Å². The minimum Gasteiger partial charge on any atom is -0.332 e. The van der Waals surface area contributed by atoms with Crippen LogP contribution in [-0.2, 0) is 13.3 Å². The Morgan fingerprint density at radius 2 is 1.38 bits per heavy atom. The van der Waals surface area contributed by atoms with Crippen LogP contribution in [0.25, 0.3) is 0 Å². The fourth-order valence-electron chi connectivity index (χ4n) is 2.46. The smallest absolute Gasteiger partial charge is 0.113 e. The maximum atomic E-state index is 4.30. The first-order valence-electron chi connectivity index (χ1n) is 6.99. The Hall–Kier alpha value is -2.56. The molecule has 3 aromatic rings. The molecule has 2 aromatic heterocycles. The molecule has 0 aliphatic heterocycles. The summed E-state index contributed by atoms with van der Waals surface area (Å²) >= 11 is 0. The van der Waals surface area contributed by atoms with Crippen molar-refractivity contribution in [3.8, 4) is 0 Å². The molecule has 0 bridgehead atoms. The van der Waals surface area contributed by atoms with Crippen LogP contribution >= 0.6 is 0 Å². The monoisotopic (exact) mass is 281 g/mol. The summed E-state index contributed by atoms with van der Waals surface area (Å²) in [6.45, 7) is 5.62. The summed E-state index contributed by atoms with van der Waals surface area (Å²) < 4.78 is 3.84. The Labute approximate surface area is 124 Å². The maximum absolute atomic E-state index is 4.30. The molecule has 21 heavy (non-hydrogen) atoms. The molecule has 108 valence electrons. The van der Waals surface area contributed by atoms with Gasteiger partial charge >= 0.3 is 0 Å². The van der Waals surface area contributed by atoms with Gasteiger partial charge in [0, 0.05) is 30.5 Å². The van der Waals surface area contributed by atoms with Gasteiger partial charge in [0.15, 0.2) is 0 Å². The van der Waals surface area contributed by atoms with Crippen molar-refractivity contribution < 1.29 is 0 Å². The Balaban J connectivity index is 1.90. The Bertz CT molecular complexity index is 629. The molecule has 0 radical (unpaired) electrons. The summed E-state index contributed by atoms with van der Waals surface area (Å²) in [5.74, 6) is 0. The first kappa shape index (κ1) is 13.4. The standard InChI is InChI=1S/C16H19N5/c1-14-9-15(2)11-16(10-14)19(12-20-7-3-5-17-20)13-21-8-4-6-18-21/h3-11H,12-13H2,1-2H3. The van der Waals surface area contributed by atoms with Crippen molar-refractivity contribution >= 4 is 5.69 Å². The van der Waals surface area contributed by atoms with Gasteiger partial charge in [0.2, 0.25) is 0 Å². The van der Waals surface area contributed by atoms with Crippen molar-refractivity contribution in [2.45, 2.75) is 27.2 Å². The molecule has 0 atom stereocenters. The van der Waals surface area contributed by atoms with E-state index in [0.717, 1.165) is 0 Å². The Morgan fingerprint density at radius 3 is 1.81 bits per heavy atom. The SMILES string of the molecule is Cc1cc(C)cc(N(Cn2cccn2)Cn2cccn2)c1. The molecule has 0 N–H and O–H groups in total. The van der Waals surface area contributed by atoms with Crippen LogP contribution in [0.3, 0.4) is 0 Å². The van der Waals surface area contributed by atoms with Gasteiger partial charge < -0.3 is 4.90 Å². The third-order valence-electron chi connectivity index (χ3n) is 3.32. The van der Waals surface area contributed by atoms with Crippen molar-refractivity contribution in [2.24, 2.45) is 0 Å². The van der Waals surface area contributed by atoms with Gasteiger partial charge in [-0.3, -0.25) is 9.36 Å². The number of hydrogen-bond donors (Lipinski definition) is 0. The van der Waals surface area contributed by atoms with Crippen molar-refractivity contribution in [3.63, 3.8) is 0 Å². The average Bonchev–Trinajstić information content (AvgIpc) is 3.10. The molecule has 0 spiro atoms. The third-order valence-corrected chi connectivity index (χ3v) is 3.32. The first-order chi connectivity index (χ1) is 10.2. The average molecular weight is 281 g/mol. The van der Waals surface area contributed by atoms with E-state index < -0.39 is 0 Å². The van der Waals surface area contributed by atoms with Crippen LogP contribution in [0.1, 0.15) is 11.1 Å². The molecule has 0 amide bonds. The topological polar surface area (TPSA) is 38.9 Å². The summed E-state index contributed by atoms with van der Waals surface area (Å²) in [5.41, 5.74) is 3.70. The quantitative estimate of drug-likeness (QED) is 0.722. The third kappa shape index (κ3) is 3.31. The lowest BCUT2D eigenvalue weighted by Crippen LogP contribution is -2.29. The number of aromatic nitrogens is 4. The molecular weight excluding hydrogens is 262 g/mol. The van der Waals surface area contributed by atoms with Gasteiger partial charge in [-0.15, -0.1) is 0 Å². The van der Waals surface area contributed by atoms with E-state index in [1.165, 1.54) is 16.8 Å². The number of anilines is 1. The van der Waals surface area contributed by atoms with E-state index in [0.29, 0.717) is 13.3 Å². The van der Waals surface area contributed by atoms with Gasteiger partial charge in [-0.05, 0) is 49.2 Å². The summed E-state index contributed by atoms with van der Waals surface area (Å²) in [4.78, 5) is 2.25. The second kappa shape index (κ2) is 5.83. The van der Waals surface area contributed by atoms with Crippen LogP contribution in [0.4, 0.5) is 5.69 Å². The lowest BCUT2D eigenvalue weighted by molar-refractivity contribution is 0.499. The van der Waals surface area contributed by atoms with Gasteiger partial charge in [-0.1, -0.05) is 6.07 Å². The zero-order chi connectivity index (χ0) is 14.7. The molecule has 1 aromatic carbocycles. The van der Waals surface area contributed by atoms with Crippen LogP contribution in [0.2, 0.25) is 0 Å². The number of rotatable bonds is 5. The lowest BCUT2D eigenvalue weighted by atomic mass is 10.1. The molecule has 0 aliphatic rings. The summed E-state index contributed by atoms with van der Waals surface area (Å²) in [6.07, 6.45) is 7.54. The zero-order valence-electron chi connectivity index (χ0n) is 12.3. The molecule has 5 nitrogen and oxygen atoms in total. The van der Waals surface area contributed by atoms with Crippen molar-refractivity contribution in [2.75, 3.05) is 4.90 Å². The van der Waals surface area contributed by atoms with Crippen LogP contribution in [-0.4, -0.2) is 19.6 Å². The molecule has 0 fully saturated rings. The van der Waals surface area contributed by atoms with E-state index in [-0.39, 0.29) is 0 Å². The van der Waals surface area contributed by atoms with E-state index in [1.807, 2.05) is 33.9 Å². The molecule has 0 unspecified atom stereocenters. The highest BCUT2D eigenvalue weighted by molar-refractivity contribution is 5.49. The molecule has 0 saturated carbocycles. The number of aryl methyl sites for hydroxylation is 2. The predicted molar refractivity (Wildman–Crippen MR) is 82.8 cm³/mol. The fourth-order valence-corrected chi connectivity index (χ4v) is 2.46. The second-order valence-corrected chi connectivity index (χ2v) is 5.26. The lowest BCUT2D eigenvalue weighted by Gasteiger charge is -2.25. The molecule has 3 rings (SSSR count). The number of nitrogens with zero attached hydrogens (tertiary/aromatic N) is 5. The zero-order valence-corrected chi connectivity index (χ0v) is 12.3. The van der Waals surface area contributed by atoms with Gasteiger partial charge in [-0.25, -0.2) is 0 Å². The normalized spacial score (nSPS) is 10.8. The summed E-state index contributed by atoms with van der Waals surface area (Å²) in [5, 5.41) is 8.60. The molecule has 2 heterocycles. The summed E-state index contributed by atoms with van der Waals surface area (Å²) in [7, 11) is 0. The van der Waals surface area contributed by atoms with Crippen LogP contribution in [0, 0.1) is 13.8 Å². The van der Waals surface area contributed by atoms with Gasteiger partial charge in [0.1, 0.15) is 13.3 Å². The molecule has 0 saturated heterocycles. The van der Waals surface area contributed by atoms with Crippen LogP contribution in [0.5, 0.6) is 0 Å². The largest absolute Gasteiger partial charge is 0.332 e. The van der Waals surface area contributed by atoms with E-state index in [9.17, 15) is 0 Å². The Morgan fingerprint density at radius 1 is 0.857 bits per heavy atom. The number of hydrogen-bond acceptors (Lipinski definition) is 3. The minimum atomic E-state index is 0.690. The number of benzene rings is 1. The second-order valence-electron chi connectivity index (χ2n) is 5.26. The van der Waals surface area contributed by atoms with Crippen molar-refractivity contribution in [3.05, 3.63) is 66.2 Å². The highest BCUT2D eigenvalue weighted by Gasteiger charge is 2.09. The molecule has 0 aliphatic carbocycles. The van der Waals surface area contributed by atoms with E-state index >= 15 is 0 Å². The van der Waals surface area contributed by atoms with Gasteiger partial charge in [-0.2, -0.15) is 10.2 Å². The van der Waals surface area contributed by atoms with E-state index in [4.69, 9.17) is 0 Å². The molecular formula is C16H19N5. The van der Waals surface area contributed by atoms with Crippen molar-refractivity contribution in [1.29, 1.82) is 0 Å². The van der Waals surface area contributed by atoms with Gasteiger partial charge in [0.25, 0.3) is 0 Å². The minimum absolute atomic E-state index is 0.690. The van der Waals surface area contributed by atoms with Crippen molar-refractivity contribution in [1.82, 2.24) is 19.6 Å². The highest BCUT2D eigenvalue weighted by atomic mass is 15.4. The maximum Gasteiger partial charge on any atom is 0.113 e. The molecule has 5 heteroatoms. The fraction of sp³-hybridized carbons (Fsp3) is 0.250. The van der Waals surface area contributed by atoms with E-state index in [1.54, 1.807) is 12.4 Å².